The second-order valence-corrected chi connectivity index (χ2v) is 5.38. The van der Waals surface area contributed by atoms with Crippen molar-refractivity contribution in [2.75, 3.05) is 6.79 Å². The highest BCUT2D eigenvalue weighted by molar-refractivity contribution is 5.81. The number of nitrogens with zero attached hydrogens (tertiary/aromatic N) is 3. The maximum absolute atomic E-state index is 8.93. The van der Waals surface area contributed by atoms with E-state index in [1.54, 1.807) is 0 Å². The van der Waals surface area contributed by atoms with Crippen LogP contribution in [0.3, 0.4) is 0 Å². The van der Waals surface area contributed by atoms with E-state index in [0.29, 0.717) is 31.1 Å². The van der Waals surface area contributed by atoms with E-state index in [1.165, 1.54) is 0 Å². The molecule has 0 saturated heterocycles. The van der Waals surface area contributed by atoms with Crippen molar-refractivity contribution in [3.63, 3.8) is 0 Å². The molecule has 0 atom stereocenters. The normalized spacial score (nSPS) is 12.3. The fraction of sp³-hybridized carbons (Fsp3) is 0.222. The summed E-state index contributed by atoms with van der Waals surface area (Å²) in [7, 11) is 0. The lowest BCUT2D eigenvalue weighted by atomic mass is 10.2. The summed E-state index contributed by atoms with van der Waals surface area (Å²) in [5.41, 5.74) is 1.73. The van der Waals surface area contributed by atoms with Crippen LogP contribution < -0.4 is 14.2 Å². The largest absolute Gasteiger partial charge is 0.486 e. The van der Waals surface area contributed by atoms with Crippen LogP contribution in [0.25, 0.3) is 11.0 Å². The van der Waals surface area contributed by atoms with Crippen LogP contribution in [0.1, 0.15) is 12.2 Å². The molecule has 0 amide bonds. The Labute approximate surface area is 138 Å². The molecular weight excluding hydrogens is 306 g/mol. The number of rotatable bonds is 5. The van der Waals surface area contributed by atoms with Gasteiger partial charge in [-0.2, -0.15) is 5.26 Å². The summed E-state index contributed by atoms with van der Waals surface area (Å²) in [6.07, 6.45) is 0.401. The zero-order valence-electron chi connectivity index (χ0n) is 12.9. The van der Waals surface area contributed by atoms with E-state index in [2.05, 4.69) is 11.1 Å². The Morgan fingerprint density at radius 1 is 1.17 bits per heavy atom. The average Bonchev–Trinajstić information content (AvgIpc) is 3.20. The summed E-state index contributed by atoms with van der Waals surface area (Å²) in [6, 6.07) is 15.5. The van der Waals surface area contributed by atoms with E-state index in [4.69, 9.17) is 19.5 Å². The van der Waals surface area contributed by atoms with Crippen molar-refractivity contribution in [1.29, 1.82) is 5.26 Å². The molecule has 1 aliphatic rings. The molecule has 120 valence electrons. The third kappa shape index (κ3) is 2.61. The summed E-state index contributed by atoms with van der Waals surface area (Å²) in [5.74, 6) is 2.96. The van der Waals surface area contributed by atoms with Gasteiger partial charge in [0.2, 0.25) is 6.79 Å². The van der Waals surface area contributed by atoms with Crippen molar-refractivity contribution in [2.45, 2.75) is 19.6 Å². The zero-order chi connectivity index (χ0) is 16.4. The lowest BCUT2D eigenvalue weighted by molar-refractivity contribution is 0.174. The Bertz CT molecular complexity index is 913. The summed E-state index contributed by atoms with van der Waals surface area (Å²) in [4.78, 5) is 4.65. The number of nitriles is 1. The SMILES string of the molecule is N#CCCn1c(COc2ccccc2)nc2cc3c(cc21)OCO3. The standard InChI is InChI=1S/C18H15N3O3/c19-7-4-8-21-15-10-17-16(23-12-24-17)9-14(15)20-18(21)11-22-13-5-2-1-3-6-13/h1-3,5-6,9-10H,4,8,11-12H2. The average molecular weight is 321 g/mol. The van der Waals surface area contributed by atoms with Crippen molar-refractivity contribution in [3.05, 3.63) is 48.3 Å². The van der Waals surface area contributed by atoms with E-state index < -0.39 is 0 Å². The predicted octanol–water partition coefficient (Wildman–Crippen LogP) is 3.26. The number of ether oxygens (including phenoxy) is 3. The number of imidazole rings is 1. The Balaban J connectivity index is 1.69. The molecule has 6 nitrogen and oxygen atoms in total. The summed E-state index contributed by atoms with van der Waals surface area (Å²) in [6.45, 7) is 1.11. The molecule has 0 bridgehead atoms. The molecule has 4 rings (SSSR count). The number of benzene rings is 2. The van der Waals surface area contributed by atoms with Crippen LogP contribution in [-0.2, 0) is 13.2 Å². The highest BCUT2D eigenvalue weighted by Crippen LogP contribution is 2.36. The van der Waals surface area contributed by atoms with E-state index in [9.17, 15) is 0 Å². The summed E-state index contributed by atoms with van der Waals surface area (Å²) < 4.78 is 18.7. The molecule has 3 aromatic rings. The molecule has 24 heavy (non-hydrogen) atoms. The van der Waals surface area contributed by atoms with Crippen LogP contribution in [0.2, 0.25) is 0 Å². The third-order valence-electron chi connectivity index (χ3n) is 3.88. The van der Waals surface area contributed by atoms with Crippen molar-refractivity contribution >= 4 is 11.0 Å². The molecular formula is C18H15N3O3. The van der Waals surface area contributed by atoms with Gasteiger partial charge >= 0.3 is 0 Å². The fourth-order valence-corrected chi connectivity index (χ4v) is 2.75. The van der Waals surface area contributed by atoms with Crippen molar-refractivity contribution in [2.24, 2.45) is 0 Å². The van der Waals surface area contributed by atoms with Gasteiger partial charge < -0.3 is 18.8 Å². The highest BCUT2D eigenvalue weighted by atomic mass is 16.7. The number of aryl methyl sites for hydroxylation is 1. The van der Waals surface area contributed by atoms with Gasteiger partial charge in [-0.05, 0) is 12.1 Å². The minimum absolute atomic E-state index is 0.226. The number of para-hydroxylation sites is 1. The van der Waals surface area contributed by atoms with Crippen LogP contribution in [0.4, 0.5) is 0 Å². The van der Waals surface area contributed by atoms with Gasteiger partial charge in [-0.1, -0.05) is 18.2 Å². The number of fused-ring (bicyclic) bond motifs is 2. The minimum Gasteiger partial charge on any atom is -0.486 e. The summed E-state index contributed by atoms with van der Waals surface area (Å²) >= 11 is 0. The second-order valence-electron chi connectivity index (χ2n) is 5.38. The van der Waals surface area contributed by atoms with E-state index in [0.717, 1.165) is 22.6 Å². The van der Waals surface area contributed by atoms with E-state index in [-0.39, 0.29) is 6.79 Å². The van der Waals surface area contributed by atoms with Gasteiger partial charge in [-0.15, -0.1) is 0 Å². The molecule has 0 fully saturated rings. The number of hydrogen-bond donors (Lipinski definition) is 0. The molecule has 1 aromatic heterocycles. The first-order chi connectivity index (χ1) is 11.8. The third-order valence-corrected chi connectivity index (χ3v) is 3.88. The Morgan fingerprint density at radius 2 is 1.96 bits per heavy atom. The molecule has 2 aromatic carbocycles. The van der Waals surface area contributed by atoms with Gasteiger partial charge in [0.15, 0.2) is 11.5 Å². The molecule has 0 saturated carbocycles. The quantitative estimate of drug-likeness (QED) is 0.721. The molecule has 0 radical (unpaired) electrons. The Morgan fingerprint density at radius 3 is 2.75 bits per heavy atom. The molecule has 2 heterocycles. The second kappa shape index (κ2) is 6.13. The molecule has 6 heteroatoms. The summed E-state index contributed by atoms with van der Waals surface area (Å²) in [5, 5.41) is 8.93. The van der Waals surface area contributed by atoms with Crippen LogP contribution in [-0.4, -0.2) is 16.3 Å². The maximum Gasteiger partial charge on any atom is 0.231 e. The highest BCUT2D eigenvalue weighted by Gasteiger charge is 2.19. The monoisotopic (exact) mass is 321 g/mol. The first-order valence-corrected chi connectivity index (χ1v) is 7.69. The minimum atomic E-state index is 0.226. The van der Waals surface area contributed by atoms with Gasteiger partial charge in [0, 0.05) is 18.7 Å². The van der Waals surface area contributed by atoms with Gasteiger partial charge in [0.05, 0.1) is 23.5 Å². The topological polar surface area (TPSA) is 69.3 Å². The fourth-order valence-electron chi connectivity index (χ4n) is 2.75. The van der Waals surface area contributed by atoms with E-state index in [1.807, 2.05) is 47.0 Å². The van der Waals surface area contributed by atoms with Gasteiger partial charge in [-0.3, -0.25) is 0 Å². The Hall–Kier alpha value is -3.20. The van der Waals surface area contributed by atoms with Crippen LogP contribution in [0.5, 0.6) is 17.2 Å². The molecule has 0 spiro atoms. The maximum atomic E-state index is 8.93. The molecule has 0 unspecified atom stereocenters. The zero-order valence-corrected chi connectivity index (χ0v) is 12.9. The first kappa shape index (κ1) is 14.4. The van der Waals surface area contributed by atoms with Gasteiger partial charge in [0.25, 0.3) is 0 Å². The predicted molar refractivity (Wildman–Crippen MR) is 86.9 cm³/mol. The number of hydrogen-bond acceptors (Lipinski definition) is 5. The van der Waals surface area contributed by atoms with Crippen molar-refractivity contribution in [1.82, 2.24) is 9.55 Å². The molecule has 0 N–H and O–H groups in total. The van der Waals surface area contributed by atoms with Gasteiger partial charge in [-0.25, -0.2) is 4.98 Å². The van der Waals surface area contributed by atoms with Crippen LogP contribution >= 0.6 is 0 Å². The van der Waals surface area contributed by atoms with E-state index >= 15 is 0 Å². The molecule has 1 aliphatic heterocycles. The lowest BCUT2D eigenvalue weighted by Gasteiger charge is -2.09. The smallest absolute Gasteiger partial charge is 0.231 e. The van der Waals surface area contributed by atoms with Crippen LogP contribution in [0, 0.1) is 11.3 Å². The lowest BCUT2D eigenvalue weighted by Crippen LogP contribution is -2.07. The number of aromatic nitrogens is 2. The van der Waals surface area contributed by atoms with Gasteiger partial charge in [0.1, 0.15) is 18.2 Å². The van der Waals surface area contributed by atoms with Crippen LogP contribution in [0.15, 0.2) is 42.5 Å². The van der Waals surface area contributed by atoms with Crippen molar-refractivity contribution < 1.29 is 14.2 Å². The Kier molecular flexibility index (Phi) is 3.67. The first-order valence-electron chi connectivity index (χ1n) is 7.69. The van der Waals surface area contributed by atoms with Crippen molar-refractivity contribution in [3.8, 4) is 23.3 Å². The molecule has 0 aliphatic carbocycles.